The summed E-state index contributed by atoms with van der Waals surface area (Å²) in [5.74, 6) is 3.39. The van der Waals surface area contributed by atoms with Crippen LogP contribution in [0.5, 0.6) is 0 Å². The number of imidazole rings is 1. The quantitative estimate of drug-likeness (QED) is 0.632. The van der Waals surface area contributed by atoms with Crippen LogP contribution in [0, 0.1) is 11.2 Å². The van der Waals surface area contributed by atoms with Crippen molar-refractivity contribution in [3.05, 3.63) is 59.9 Å². The lowest BCUT2D eigenvalue weighted by Crippen LogP contribution is -1.91. The van der Waals surface area contributed by atoms with Crippen molar-refractivity contribution >= 4 is 15.7 Å². The fourth-order valence-electron chi connectivity index (χ4n) is 2.42. The van der Waals surface area contributed by atoms with Crippen LogP contribution in [-0.2, 0) is 6.42 Å². The number of benzene rings is 1. The maximum atomic E-state index is 4.81. The molecule has 0 saturated carbocycles. The molecule has 0 saturated heterocycles. The minimum Gasteiger partial charge on any atom is -0.292 e. The zero-order chi connectivity index (χ0) is 16.4. The van der Waals surface area contributed by atoms with Crippen molar-refractivity contribution in [3.63, 3.8) is 0 Å². The monoisotopic (exact) mass is 322 g/mol. The van der Waals surface area contributed by atoms with Crippen LogP contribution < -0.4 is 0 Å². The van der Waals surface area contributed by atoms with E-state index in [0.717, 1.165) is 29.0 Å². The van der Waals surface area contributed by atoms with Gasteiger partial charge in [0.2, 0.25) is 0 Å². The largest absolute Gasteiger partial charge is 0.292 e. The Balaban J connectivity index is 2.20. The van der Waals surface area contributed by atoms with E-state index < -0.39 is 10.0 Å². The van der Waals surface area contributed by atoms with E-state index in [1.54, 1.807) is 0 Å². The van der Waals surface area contributed by atoms with Crippen LogP contribution in [-0.4, -0.2) is 28.2 Å². The minimum absolute atomic E-state index is 0.881. The third-order valence-corrected chi connectivity index (χ3v) is 4.36. The third kappa shape index (κ3) is 3.43. The second-order valence-corrected chi connectivity index (χ2v) is 10.2. The Morgan fingerprint density at radius 2 is 1.78 bits per heavy atom. The third-order valence-electron chi connectivity index (χ3n) is 3.64. The van der Waals surface area contributed by atoms with Crippen molar-refractivity contribution in [3.8, 4) is 22.4 Å². The predicted molar refractivity (Wildman–Crippen MR) is 102 cm³/mol. The smallest absolute Gasteiger partial charge is 0.138 e. The van der Waals surface area contributed by atoms with Crippen LogP contribution in [0.15, 0.2) is 48.7 Å². The van der Waals surface area contributed by atoms with Gasteiger partial charge in [-0.2, -0.15) is 10.0 Å². The molecule has 2 aromatic heterocycles. The molecule has 0 fully saturated rings. The molecule has 3 rings (SSSR count). The molecule has 0 spiro atoms. The number of aryl methyl sites for hydroxylation is 1. The summed E-state index contributed by atoms with van der Waals surface area (Å²) in [6.07, 6.45) is 9.70. The summed E-state index contributed by atoms with van der Waals surface area (Å²) in [5.41, 5.74) is 5.35. The molecule has 0 aliphatic heterocycles. The fourth-order valence-corrected chi connectivity index (χ4v) is 2.82. The number of aromatic nitrogens is 2. The molecule has 2 heterocycles. The highest BCUT2D eigenvalue weighted by atomic mass is 32.3. The van der Waals surface area contributed by atoms with Gasteiger partial charge in [0.15, 0.2) is 0 Å². The Hall–Kier alpha value is -2.18. The molecule has 0 aliphatic carbocycles. The lowest BCUT2D eigenvalue weighted by atomic mass is 10.1. The van der Waals surface area contributed by atoms with E-state index in [1.165, 1.54) is 5.56 Å². The second-order valence-electron chi connectivity index (χ2n) is 6.35. The van der Waals surface area contributed by atoms with Gasteiger partial charge in [-0.25, -0.2) is 4.98 Å². The van der Waals surface area contributed by atoms with Gasteiger partial charge in [-0.1, -0.05) is 37.3 Å². The van der Waals surface area contributed by atoms with Crippen molar-refractivity contribution in [2.45, 2.75) is 13.3 Å². The van der Waals surface area contributed by atoms with E-state index in [4.69, 9.17) is 4.98 Å². The Labute approximate surface area is 139 Å². The zero-order valence-corrected chi connectivity index (χ0v) is 14.9. The SMILES string of the molecule is CCc1ccc(-c2nc3ccccn3c2C#CS(C)(C)C)cc1. The molecule has 118 valence electrons. The zero-order valence-electron chi connectivity index (χ0n) is 14.1. The summed E-state index contributed by atoms with van der Waals surface area (Å²) in [6.45, 7) is 2.17. The average molecular weight is 322 g/mol. The molecule has 0 amide bonds. The van der Waals surface area contributed by atoms with E-state index in [-0.39, 0.29) is 0 Å². The van der Waals surface area contributed by atoms with E-state index >= 15 is 0 Å². The van der Waals surface area contributed by atoms with Crippen LogP contribution in [0.1, 0.15) is 18.2 Å². The Morgan fingerprint density at radius 3 is 2.43 bits per heavy atom. The van der Waals surface area contributed by atoms with Crippen molar-refractivity contribution in [1.82, 2.24) is 9.38 Å². The number of rotatable bonds is 2. The van der Waals surface area contributed by atoms with Gasteiger partial charge in [0.1, 0.15) is 17.0 Å². The molecule has 3 heteroatoms. The van der Waals surface area contributed by atoms with Gasteiger partial charge in [0.25, 0.3) is 0 Å². The molecule has 0 aliphatic rings. The lowest BCUT2D eigenvalue weighted by molar-refractivity contribution is 1.14. The van der Waals surface area contributed by atoms with E-state index in [1.807, 2.05) is 24.4 Å². The van der Waals surface area contributed by atoms with E-state index in [0.29, 0.717) is 0 Å². The first-order valence-corrected chi connectivity index (χ1v) is 10.6. The molecule has 0 unspecified atom stereocenters. The summed E-state index contributed by atoms with van der Waals surface area (Å²) in [4.78, 5) is 4.81. The molecular weight excluding hydrogens is 300 g/mol. The Morgan fingerprint density at radius 1 is 1.04 bits per heavy atom. The van der Waals surface area contributed by atoms with Gasteiger partial charge in [0.05, 0.1) is 0 Å². The molecule has 23 heavy (non-hydrogen) atoms. The second kappa shape index (κ2) is 6.14. The van der Waals surface area contributed by atoms with Crippen LogP contribution >= 0.6 is 10.0 Å². The van der Waals surface area contributed by atoms with Crippen LogP contribution in [0.4, 0.5) is 0 Å². The first-order valence-electron chi connectivity index (χ1n) is 7.75. The first-order chi connectivity index (χ1) is 11.0. The predicted octanol–water partition coefficient (Wildman–Crippen LogP) is 4.57. The highest BCUT2D eigenvalue weighted by Crippen LogP contribution is 2.33. The summed E-state index contributed by atoms with van der Waals surface area (Å²) >= 11 is 0. The van der Waals surface area contributed by atoms with Crippen LogP contribution in [0.2, 0.25) is 0 Å². The lowest BCUT2D eigenvalue weighted by Gasteiger charge is -2.14. The van der Waals surface area contributed by atoms with Gasteiger partial charge >= 0.3 is 0 Å². The summed E-state index contributed by atoms with van der Waals surface area (Å²) in [5, 5.41) is 3.42. The van der Waals surface area contributed by atoms with Gasteiger partial charge in [-0.15, -0.1) is 0 Å². The van der Waals surface area contributed by atoms with Crippen molar-refractivity contribution in [2.24, 2.45) is 0 Å². The number of nitrogens with zero attached hydrogens (tertiary/aromatic N) is 2. The molecule has 1 aromatic carbocycles. The highest BCUT2D eigenvalue weighted by molar-refractivity contribution is 8.35. The topological polar surface area (TPSA) is 17.3 Å². The van der Waals surface area contributed by atoms with Gasteiger partial charge < -0.3 is 0 Å². The normalized spacial score (nSPS) is 12.0. The molecule has 0 N–H and O–H groups in total. The van der Waals surface area contributed by atoms with E-state index in [9.17, 15) is 0 Å². The molecule has 0 atom stereocenters. The minimum atomic E-state index is -0.881. The Bertz CT molecular complexity index is 887. The number of fused-ring (bicyclic) bond motifs is 1. The highest BCUT2D eigenvalue weighted by Gasteiger charge is 2.12. The summed E-state index contributed by atoms with van der Waals surface area (Å²) < 4.78 is 2.08. The number of pyridine rings is 1. The fraction of sp³-hybridized carbons (Fsp3) is 0.250. The standard InChI is InChI=1S/C20H22N2S/c1-5-16-9-11-17(12-10-16)20-18(13-15-23(2,3)4)22-14-7-6-8-19(22)21-20/h6-12,14H,5H2,1-4H3. The van der Waals surface area contributed by atoms with Gasteiger partial charge in [-0.3, -0.25) is 4.40 Å². The van der Waals surface area contributed by atoms with Crippen molar-refractivity contribution in [2.75, 3.05) is 18.8 Å². The maximum absolute atomic E-state index is 4.81. The number of hydrogen-bond donors (Lipinski definition) is 0. The summed E-state index contributed by atoms with van der Waals surface area (Å²) in [6, 6.07) is 14.7. The number of hydrogen-bond acceptors (Lipinski definition) is 1. The molecular formula is C20H22N2S. The van der Waals surface area contributed by atoms with Gasteiger partial charge in [-0.05, 0) is 54.1 Å². The van der Waals surface area contributed by atoms with Crippen LogP contribution in [0.3, 0.4) is 0 Å². The van der Waals surface area contributed by atoms with Crippen molar-refractivity contribution in [1.29, 1.82) is 0 Å². The first kappa shape index (κ1) is 15.7. The summed E-state index contributed by atoms with van der Waals surface area (Å²) in [7, 11) is -0.881. The molecule has 0 bridgehead atoms. The average Bonchev–Trinajstić information content (AvgIpc) is 2.91. The van der Waals surface area contributed by atoms with Crippen molar-refractivity contribution < 1.29 is 0 Å². The maximum Gasteiger partial charge on any atom is 0.138 e. The molecule has 0 radical (unpaired) electrons. The molecule has 2 nitrogen and oxygen atoms in total. The van der Waals surface area contributed by atoms with Crippen LogP contribution in [0.25, 0.3) is 16.9 Å². The Kier molecular flexibility index (Phi) is 4.19. The van der Waals surface area contributed by atoms with E-state index in [2.05, 4.69) is 65.5 Å². The van der Waals surface area contributed by atoms with Gasteiger partial charge in [0, 0.05) is 11.8 Å². The molecule has 3 aromatic rings.